The molecule has 7 heteroatoms. The van der Waals surface area contributed by atoms with Crippen molar-refractivity contribution in [3.8, 4) is 11.4 Å². The minimum atomic E-state index is -0.519. The third-order valence-electron chi connectivity index (χ3n) is 4.21. The van der Waals surface area contributed by atoms with Crippen molar-refractivity contribution in [2.75, 3.05) is 24.5 Å². The van der Waals surface area contributed by atoms with Crippen LogP contribution >= 0.6 is 0 Å². The standard InChI is InChI=1S/C15H17FN6/c16-13-9(3-4-11(20-13)22-7-1-2-8-22)15-19-10-5-6-18-14(17)12(10)21-15/h3-4H,1-2,5-8H2,(H2,17,18)(H,19,21). The molecule has 0 aromatic carbocycles. The number of amidine groups is 1. The molecule has 0 bridgehead atoms. The molecule has 2 aromatic rings. The van der Waals surface area contributed by atoms with Gasteiger partial charge in [0.25, 0.3) is 0 Å². The van der Waals surface area contributed by atoms with Crippen molar-refractivity contribution in [2.45, 2.75) is 19.3 Å². The third kappa shape index (κ3) is 2.13. The van der Waals surface area contributed by atoms with E-state index in [0.717, 1.165) is 38.0 Å². The molecule has 0 aliphatic carbocycles. The predicted molar refractivity (Wildman–Crippen MR) is 81.8 cm³/mol. The number of nitrogens with one attached hydrogen (secondary N) is 3. The first-order valence-corrected chi connectivity index (χ1v) is 7.56. The van der Waals surface area contributed by atoms with Gasteiger partial charge in [-0.15, -0.1) is 0 Å². The number of aromatic nitrogens is 3. The molecule has 2 aliphatic heterocycles. The average molecular weight is 300 g/mol. The zero-order chi connectivity index (χ0) is 15.1. The van der Waals surface area contributed by atoms with Crippen molar-refractivity contribution >= 4 is 11.7 Å². The van der Waals surface area contributed by atoms with Crippen molar-refractivity contribution in [1.82, 2.24) is 20.3 Å². The Morgan fingerprint density at radius 2 is 2.00 bits per heavy atom. The summed E-state index contributed by atoms with van der Waals surface area (Å²) in [6.45, 7) is 2.55. The highest BCUT2D eigenvalue weighted by Gasteiger charge is 2.22. The van der Waals surface area contributed by atoms with Crippen molar-refractivity contribution in [2.24, 2.45) is 0 Å². The summed E-state index contributed by atoms with van der Waals surface area (Å²) in [5.41, 5.74) is 1.80. The smallest absolute Gasteiger partial charge is 0.225 e. The van der Waals surface area contributed by atoms with Crippen LogP contribution in [0, 0.1) is 11.4 Å². The van der Waals surface area contributed by atoms with Crippen LogP contribution in [0.15, 0.2) is 12.1 Å². The maximum atomic E-state index is 14.4. The first-order valence-electron chi connectivity index (χ1n) is 7.56. The molecule has 4 rings (SSSR count). The van der Waals surface area contributed by atoms with Gasteiger partial charge in [-0.05, 0) is 25.0 Å². The number of H-pyrrole nitrogens is 1. The number of imidazole rings is 1. The second-order valence-corrected chi connectivity index (χ2v) is 5.66. The number of aromatic amines is 1. The molecule has 6 nitrogen and oxygen atoms in total. The Kier molecular flexibility index (Phi) is 3.06. The van der Waals surface area contributed by atoms with Gasteiger partial charge in [0.1, 0.15) is 23.2 Å². The van der Waals surface area contributed by atoms with Crippen molar-refractivity contribution in [3.05, 3.63) is 29.5 Å². The highest BCUT2D eigenvalue weighted by atomic mass is 19.1. The Labute approximate surface area is 127 Å². The summed E-state index contributed by atoms with van der Waals surface area (Å²) in [5, 5.41) is 10.8. The molecule has 1 saturated heterocycles. The number of hydrogen-bond donors (Lipinski definition) is 3. The van der Waals surface area contributed by atoms with Gasteiger partial charge in [-0.2, -0.15) is 4.39 Å². The maximum absolute atomic E-state index is 14.4. The number of halogens is 1. The lowest BCUT2D eigenvalue weighted by molar-refractivity contribution is 0.585. The van der Waals surface area contributed by atoms with Crippen LogP contribution in [0.1, 0.15) is 24.2 Å². The molecule has 2 aromatic heterocycles. The summed E-state index contributed by atoms with van der Waals surface area (Å²) in [7, 11) is 0. The summed E-state index contributed by atoms with van der Waals surface area (Å²) >= 11 is 0. The second kappa shape index (κ2) is 5.08. The van der Waals surface area contributed by atoms with Crippen molar-refractivity contribution in [1.29, 1.82) is 5.41 Å². The van der Waals surface area contributed by atoms with E-state index >= 15 is 0 Å². The fourth-order valence-corrected chi connectivity index (χ4v) is 3.04. The van der Waals surface area contributed by atoms with Crippen molar-refractivity contribution < 1.29 is 4.39 Å². The van der Waals surface area contributed by atoms with Gasteiger partial charge in [-0.25, -0.2) is 9.97 Å². The summed E-state index contributed by atoms with van der Waals surface area (Å²) in [5.74, 6) is 0.915. The lowest BCUT2D eigenvalue weighted by atomic mass is 10.2. The number of rotatable bonds is 2. The topological polar surface area (TPSA) is 80.7 Å². The number of anilines is 1. The van der Waals surface area contributed by atoms with Gasteiger partial charge in [-0.1, -0.05) is 0 Å². The van der Waals surface area contributed by atoms with Crippen LogP contribution in [0.3, 0.4) is 0 Å². The maximum Gasteiger partial charge on any atom is 0.225 e. The molecule has 0 spiro atoms. The van der Waals surface area contributed by atoms with Crippen LogP contribution in [0.2, 0.25) is 0 Å². The highest BCUT2D eigenvalue weighted by Crippen LogP contribution is 2.25. The molecule has 0 radical (unpaired) electrons. The third-order valence-corrected chi connectivity index (χ3v) is 4.21. The monoisotopic (exact) mass is 300 g/mol. The van der Waals surface area contributed by atoms with Gasteiger partial charge in [0.15, 0.2) is 0 Å². The van der Waals surface area contributed by atoms with Crippen LogP contribution in [0.25, 0.3) is 11.4 Å². The molecule has 0 atom stereocenters. The molecule has 3 N–H and O–H groups in total. The molecule has 22 heavy (non-hydrogen) atoms. The molecule has 4 heterocycles. The fourth-order valence-electron chi connectivity index (χ4n) is 3.04. The first kappa shape index (κ1) is 13.2. The molecular formula is C15H17FN6. The van der Waals surface area contributed by atoms with E-state index in [1.165, 1.54) is 0 Å². The summed E-state index contributed by atoms with van der Waals surface area (Å²) < 4.78 is 14.4. The second-order valence-electron chi connectivity index (χ2n) is 5.66. The largest absolute Gasteiger partial charge is 0.368 e. The normalized spacial score (nSPS) is 17.5. The van der Waals surface area contributed by atoms with Crippen LogP contribution in [-0.2, 0) is 6.42 Å². The lowest BCUT2D eigenvalue weighted by Crippen LogP contribution is -2.31. The van der Waals surface area contributed by atoms with Gasteiger partial charge >= 0.3 is 0 Å². The zero-order valence-corrected chi connectivity index (χ0v) is 12.1. The molecule has 114 valence electrons. The summed E-state index contributed by atoms with van der Waals surface area (Å²) in [6, 6.07) is 3.56. The quantitative estimate of drug-likeness (QED) is 0.737. The fraction of sp³-hybridized carbons (Fsp3) is 0.400. The van der Waals surface area contributed by atoms with E-state index in [9.17, 15) is 4.39 Å². The van der Waals surface area contributed by atoms with Gasteiger partial charge in [0, 0.05) is 26.1 Å². The van der Waals surface area contributed by atoms with Crippen LogP contribution < -0.4 is 10.2 Å². The minimum Gasteiger partial charge on any atom is -0.368 e. The molecule has 1 fully saturated rings. The van der Waals surface area contributed by atoms with Gasteiger partial charge in [0.05, 0.1) is 11.3 Å². The Morgan fingerprint density at radius 1 is 1.18 bits per heavy atom. The molecular weight excluding hydrogens is 283 g/mol. The van der Waals surface area contributed by atoms with E-state index in [1.54, 1.807) is 6.07 Å². The number of hydrogen-bond acceptors (Lipinski definition) is 4. The van der Waals surface area contributed by atoms with E-state index in [2.05, 4.69) is 25.2 Å². The number of nitrogens with zero attached hydrogens (tertiary/aromatic N) is 3. The molecule has 2 aliphatic rings. The summed E-state index contributed by atoms with van der Waals surface area (Å²) in [6.07, 6.45) is 2.99. The average Bonchev–Trinajstić information content (AvgIpc) is 3.17. The van der Waals surface area contributed by atoms with E-state index < -0.39 is 5.95 Å². The molecule has 0 saturated carbocycles. The van der Waals surface area contributed by atoms with Crippen LogP contribution in [0.4, 0.5) is 10.2 Å². The Hall–Kier alpha value is -2.44. The lowest BCUT2D eigenvalue weighted by Gasteiger charge is -2.16. The zero-order valence-electron chi connectivity index (χ0n) is 12.1. The first-order chi connectivity index (χ1) is 10.7. The van der Waals surface area contributed by atoms with E-state index in [0.29, 0.717) is 35.3 Å². The van der Waals surface area contributed by atoms with Gasteiger partial charge in [0.2, 0.25) is 5.95 Å². The Bertz CT molecular complexity index is 732. The Balaban J connectivity index is 1.69. The molecule has 0 amide bonds. The van der Waals surface area contributed by atoms with Crippen LogP contribution in [0.5, 0.6) is 0 Å². The minimum absolute atomic E-state index is 0.307. The highest BCUT2D eigenvalue weighted by molar-refractivity contribution is 5.97. The van der Waals surface area contributed by atoms with Crippen LogP contribution in [-0.4, -0.2) is 40.4 Å². The van der Waals surface area contributed by atoms with Gasteiger partial charge < -0.3 is 15.2 Å². The van der Waals surface area contributed by atoms with Gasteiger partial charge in [-0.3, -0.25) is 5.41 Å². The van der Waals surface area contributed by atoms with E-state index in [1.807, 2.05) is 6.07 Å². The van der Waals surface area contributed by atoms with E-state index in [4.69, 9.17) is 5.41 Å². The number of fused-ring (bicyclic) bond motifs is 1. The van der Waals surface area contributed by atoms with Crippen molar-refractivity contribution in [3.63, 3.8) is 0 Å². The molecule has 0 unspecified atom stereocenters. The summed E-state index contributed by atoms with van der Waals surface area (Å²) in [4.78, 5) is 13.7. The Morgan fingerprint density at radius 3 is 2.73 bits per heavy atom. The predicted octanol–water partition coefficient (Wildman–Crippen LogP) is 1.68. The van der Waals surface area contributed by atoms with E-state index in [-0.39, 0.29) is 0 Å². The SMILES string of the molecule is N=C1NCCc2nc(-c3ccc(N4CCCC4)nc3F)[nH]c21. The number of pyridine rings is 1.